The van der Waals surface area contributed by atoms with Crippen LogP contribution in [0.5, 0.6) is 0 Å². The van der Waals surface area contributed by atoms with Crippen molar-refractivity contribution in [2.24, 2.45) is 0 Å². The summed E-state index contributed by atoms with van der Waals surface area (Å²) in [5.74, 6) is -0.157. The highest BCUT2D eigenvalue weighted by atomic mass is 16.1. The Bertz CT molecular complexity index is 706. The minimum Gasteiger partial charge on any atom is -0.326 e. The van der Waals surface area contributed by atoms with Gasteiger partial charge >= 0.3 is 0 Å². The number of carbonyl (C=O) groups is 1. The summed E-state index contributed by atoms with van der Waals surface area (Å²) in [6.45, 7) is 6.85. The van der Waals surface area contributed by atoms with Gasteiger partial charge in [-0.3, -0.25) is 4.79 Å². The lowest BCUT2D eigenvalue weighted by Crippen LogP contribution is -2.14. The number of amides is 1. The second kappa shape index (κ2) is 6.17. The Kier molecular flexibility index (Phi) is 4.11. The van der Waals surface area contributed by atoms with E-state index in [0.29, 0.717) is 16.9 Å². The van der Waals surface area contributed by atoms with E-state index in [-0.39, 0.29) is 12.3 Å². The smallest absolute Gasteiger partial charge is 0.228 e. The highest BCUT2D eigenvalue weighted by Gasteiger charge is 2.05. The van der Waals surface area contributed by atoms with E-state index in [1.165, 1.54) is 0 Å². The molecule has 0 aliphatic heterocycles. The number of carbonyl (C=O) groups excluding carboxylic acids is 1. The Morgan fingerprint density at radius 3 is 2.65 bits per heavy atom. The molecule has 0 atom stereocenters. The summed E-state index contributed by atoms with van der Waals surface area (Å²) in [6, 6.07) is 15.7. The highest BCUT2D eigenvalue weighted by molar-refractivity contribution is 5.92. The fraction of sp³-hybridized carbons (Fsp3) is 0.0625. The number of nitrogens with zero attached hydrogens (tertiary/aromatic N) is 2. The molecule has 2 aromatic carbocycles. The molecule has 0 aliphatic rings. The molecule has 4 nitrogen and oxygen atoms in total. The van der Waals surface area contributed by atoms with Gasteiger partial charge in [-0.2, -0.15) is 5.26 Å². The fourth-order valence-corrected chi connectivity index (χ4v) is 1.76. The van der Waals surface area contributed by atoms with Gasteiger partial charge in [0.1, 0.15) is 0 Å². The van der Waals surface area contributed by atoms with E-state index in [4.69, 9.17) is 11.8 Å². The number of benzene rings is 2. The van der Waals surface area contributed by atoms with Crippen LogP contribution in [0.4, 0.5) is 11.4 Å². The molecular formula is C16H11N3O. The van der Waals surface area contributed by atoms with Crippen molar-refractivity contribution < 1.29 is 4.79 Å². The number of hydrogen-bond acceptors (Lipinski definition) is 2. The Morgan fingerprint density at radius 1 is 1.25 bits per heavy atom. The molecule has 1 N–H and O–H groups in total. The lowest BCUT2D eigenvalue weighted by molar-refractivity contribution is -0.115. The van der Waals surface area contributed by atoms with Gasteiger partial charge in [0.05, 0.1) is 24.6 Å². The molecule has 2 aromatic rings. The van der Waals surface area contributed by atoms with Crippen LogP contribution in [0.2, 0.25) is 0 Å². The maximum Gasteiger partial charge on any atom is 0.228 e. The van der Waals surface area contributed by atoms with Gasteiger partial charge in [-0.1, -0.05) is 24.3 Å². The van der Waals surface area contributed by atoms with Gasteiger partial charge in [-0.25, -0.2) is 4.85 Å². The summed E-state index contributed by atoms with van der Waals surface area (Å²) < 4.78 is 0. The zero-order chi connectivity index (χ0) is 14.4. The first-order valence-corrected chi connectivity index (χ1v) is 5.97. The van der Waals surface area contributed by atoms with E-state index in [1.54, 1.807) is 42.5 Å². The summed E-state index contributed by atoms with van der Waals surface area (Å²) in [6.07, 6.45) is 0.208. The molecule has 0 bridgehead atoms. The topological polar surface area (TPSA) is 57.2 Å². The largest absolute Gasteiger partial charge is 0.326 e. The molecule has 20 heavy (non-hydrogen) atoms. The van der Waals surface area contributed by atoms with Crippen LogP contribution >= 0.6 is 0 Å². The lowest BCUT2D eigenvalue weighted by atomic mass is 10.1. The standard InChI is InChI=1S/C16H11N3O/c1-18-14-5-7-15(8-6-14)19-16(20)10-12-3-2-4-13(9-12)11-17/h2-9H,10H2,(H,19,20). The average Bonchev–Trinajstić information content (AvgIpc) is 2.48. The number of nitrogens with one attached hydrogen (secondary N) is 1. The van der Waals surface area contributed by atoms with Crippen molar-refractivity contribution in [3.05, 3.63) is 71.1 Å². The van der Waals surface area contributed by atoms with Gasteiger partial charge in [0.25, 0.3) is 0 Å². The summed E-state index contributed by atoms with van der Waals surface area (Å²) in [7, 11) is 0. The van der Waals surface area contributed by atoms with E-state index in [0.717, 1.165) is 5.56 Å². The van der Waals surface area contributed by atoms with Crippen molar-refractivity contribution >= 4 is 17.3 Å². The van der Waals surface area contributed by atoms with Crippen molar-refractivity contribution in [2.45, 2.75) is 6.42 Å². The Hall–Kier alpha value is -3.11. The Balaban J connectivity index is 2.01. The van der Waals surface area contributed by atoms with Crippen LogP contribution in [0.15, 0.2) is 48.5 Å². The van der Waals surface area contributed by atoms with E-state index in [1.807, 2.05) is 12.1 Å². The Labute approximate surface area is 117 Å². The third-order valence-electron chi connectivity index (χ3n) is 2.70. The maximum absolute atomic E-state index is 11.9. The van der Waals surface area contributed by atoms with Crippen LogP contribution in [0.1, 0.15) is 11.1 Å². The number of anilines is 1. The summed E-state index contributed by atoms with van der Waals surface area (Å²) in [5, 5.41) is 11.6. The lowest BCUT2D eigenvalue weighted by Gasteiger charge is -2.05. The third-order valence-corrected chi connectivity index (χ3v) is 2.70. The van der Waals surface area contributed by atoms with Crippen molar-refractivity contribution in [2.75, 3.05) is 5.32 Å². The molecule has 1 amide bonds. The Morgan fingerprint density at radius 2 is 2.00 bits per heavy atom. The molecule has 0 aromatic heterocycles. The minimum atomic E-state index is -0.157. The van der Waals surface area contributed by atoms with Gasteiger partial charge in [0.15, 0.2) is 5.69 Å². The van der Waals surface area contributed by atoms with Crippen molar-refractivity contribution in [1.82, 2.24) is 0 Å². The molecule has 0 heterocycles. The van der Waals surface area contributed by atoms with Crippen LogP contribution in [0, 0.1) is 17.9 Å². The summed E-state index contributed by atoms with van der Waals surface area (Å²) >= 11 is 0. The van der Waals surface area contributed by atoms with Crippen molar-refractivity contribution in [3.63, 3.8) is 0 Å². The molecule has 0 saturated carbocycles. The molecule has 0 spiro atoms. The first-order chi connectivity index (χ1) is 9.71. The molecule has 0 radical (unpaired) electrons. The molecule has 2 rings (SSSR count). The van der Waals surface area contributed by atoms with Crippen molar-refractivity contribution in [1.29, 1.82) is 5.26 Å². The molecule has 0 fully saturated rings. The van der Waals surface area contributed by atoms with Gasteiger partial charge in [0, 0.05) is 5.69 Å². The van der Waals surface area contributed by atoms with Crippen LogP contribution in [0.3, 0.4) is 0 Å². The highest BCUT2D eigenvalue weighted by Crippen LogP contribution is 2.16. The number of rotatable bonds is 3. The van der Waals surface area contributed by atoms with Crippen LogP contribution in [-0.4, -0.2) is 5.91 Å². The SMILES string of the molecule is [C-]#[N+]c1ccc(NC(=O)Cc2cccc(C#N)c2)cc1. The van der Waals surface area contributed by atoms with Gasteiger partial charge in [0.2, 0.25) is 5.91 Å². The van der Waals surface area contributed by atoms with E-state index in [9.17, 15) is 4.79 Å². The van der Waals surface area contributed by atoms with Crippen LogP contribution < -0.4 is 5.32 Å². The van der Waals surface area contributed by atoms with Gasteiger partial charge in [-0.15, -0.1) is 0 Å². The molecular weight excluding hydrogens is 250 g/mol. The first-order valence-electron chi connectivity index (χ1n) is 5.97. The molecule has 0 saturated heterocycles. The normalized spacial score (nSPS) is 9.30. The maximum atomic E-state index is 11.9. The number of hydrogen-bond donors (Lipinski definition) is 1. The summed E-state index contributed by atoms with van der Waals surface area (Å²) in [5.41, 5.74) is 2.51. The van der Waals surface area contributed by atoms with Crippen LogP contribution in [-0.2, 0) is 11.2 Å². The van der Waals surface area contributed by atoms with Gasteiger partial charge in [-0.05, 0) is 29.8 Å². The zero-order valence-corrected chi connectivity index (χ0v) is 10.6. The minimum absolute atomic E-state index is 0.157. The second-order valence-electron chi connectivity index (χ2n) is 4.20. The molecule has 0 aliphatic carbocycles. The fourth-order valence-electron chi connectivity index (χ4n) is 1.76. The molecule has 4 heteroatoms. The molecule has 0 unspecified atom stereocenters. The van der Waals surface area contributed by atoms with E-state index in [2.05, 4.69) is 10.2 Å². The average molecular weight is 261 g/mol. The second-order valence-corrected chi connectivity index (χ2v) is 4.20. The van der Waals surface area contributed by atoms with Gasteiger partial charge < -0.3 is 5.32 Å². The predicted molar refractivity (Wildman–Crippen MR) is 76.2 cm³/mol. The van der Waals surface area contributed by atoms with Crippen molar-refractivity contribution in [3.8, 4) is 6.07 Å². The quantitative estimate of drug-likeness (QED) is 0.862. The third kappa shape index (κ3) is 3.44. The zero-order valence-electron chi connectivity index (χ0n) is 10.6. The van der Waals surface area contributed by atoms with Crippen LogP contribution in [0.25, 0.3) is 4.85 Å². The number of nitriles is 1. The predicted octanol–water partition coefficient (Wildman–Crippen LogP) is 3.29. The monoisotopic (exact) mass is 261 g/mol. The molecule has 96 valence electrons. The van der Waals surface area contributed by atoms with E-state index >= 15 is 0 Å². The first kappa shape index (κ1) is 13.3. The summed E-state index contributed by atoms with van der Waals surface area (Å²) in [4.78, 5) is 15.2. The van der Waals surface area contributed by atoms with E-state index < -0.39 is 0 Å².